The minimum Gasteiger partial charge on any atom is -0.372 e. The first kappa shape index (κ1) is 16.5. The van der Waals surface area contributed by atoms with Gasteiger partial charge in [-0.3, -0.25) is 0 Å². The lowest BCUT2D eigenvalue weighted by atomic mass is 10.1. The van der Waals surface area contributed by atoms with Crippen molar-refractivity contribution in [3.05, 3.63) is 22.8 Å². The topological polar surface area (TPSA) is 37.4 Å². The third-order valence-electron chi connectivity index (χ3n) is 3.43. The van der Waals surface area contributed by atoms with Crippen LogP contribution in [0.25, 0.3) is 0 Å². The first-order chi connectivity index (χ1) is 9.66. The molecule has 1 fully saturated rings. The lowest BCUT2D eigenvalue weighted by molar-refractivity contribution is -0.0279. The molecule has 2 rings (SSSR count). The molecule has 0 unspecified atom stereocenters. The highest BCUT2D eigenvalue weighted by Crippen LogP contribution is 2.28. The monoisotopic (exact) mass is 311 g/mol. The molecule has 118 valence electrons. The van der Waals surface area contributed by atoms with Gasteiger partial charge in [0.05, 0.1) is 17.2 Å². The van der Waals surface area contributed by atoms with Crippen LogP contribution in [0, 0.1) is 0 Å². The fraction of sp³-hybridized carbons (Fsp3) is 0.688. The molecule has 1 N–H and O–H groups in total. The van der Waals surface area contributed by atoms with Gasteiger partial charge in [0.2, 0.25) is 0 Å². The summed E-state index contributed by atoms with van der Waals surface area (Å²) in [6.07, 6.45) is 1.91. The van der Waals surface area contributed by atoms with E-state index < -0.39 is 0 Å². The zero-order valence-electron chi connectivity index (χ0n) is 13.7. The lowest BCUT2D eigenvalue weighted by Crippen LogP contribution is -2.48. The first-order valence-corrected chi connectivity index (χ1v) is 7.82. The number of rotatable bonds is 3. The van der Waals surface area contributed by atoms with Crippen LogP contribution in [0.1, 0.15) is 40.2 Å². The molecule has 1 aromatic heterocycles. The Morgan fingerprint density at radius 3 is 2.71 bits per heavy atom. The zero-order chi connectivity index (χ0) is 15.7. The summed E-state index contributed by atoms with van der Waals surface area (Å²) in [6, 6.07) is 2.01. The summed E-state index contributed by atoms with van der Waals surface area (Å²) >= 11 is 6.43. The number of hydrogen-bond donors (Lipinski definition) is 1. The Morgan fingerprint density at radius 2 is 2.14 bits per heavy atom. The van der Waals surface area contributed by atoms with Crippen LogP contribution in [0.2, 0.25) is 5.02 Å². The maximum Gasteiger partial charge on any atom is 0.147 e. The Bertz CT molecular complexity index is 497. The molecule has 2 heterocycles. The second kappa shape index (κ2) is 6.11. The number of halogens is 1. The second-order valence-corrected chi connectivity index (χ2v) is 7.69. The van der Waals surface area contributed by atoms with E-state index in [1.807, 2.05) is 12.3 Å². The highest BCUT2D eigenvalue weighted by atomic mass is 35.5. The SMILES string of the molecule is CC(C)(C)NCc1cnc(N2CCOC(C)(C)C2)c(Cl)c1. The average molecular weight is 312 g/mol. The van der Waals surface area contributed by atoms with Crippen molar-refractivity contribution >= 4 is 17.4 Å². The van der Waals surface area contributed by atoms with Gasteiger partial charge < -0.3 is 15.0 Å². The van der Waals surface area contributed by atoms with Gasteiger partial charge in [0.15, 0.2) is 0 Å². The molecule has 0 amide bonds. The summed E-state index contributed by atoms with van der Waals surface area (Å²) in [4.78, 5) is 6.77. The van der Waals surface area contributed by atoms with Gasteiger partial charge in [-0.1, -0.05) is 11.6 Å². The molecule has 0 aliphatic carbocycles. The molecule has 0 bridgehead atoms. The normalized spacial score (nSPS) is 18.9. The number of anilines is 1. The van der Waals surface area contributed by atoms with Crippen LogP contribution < -0.4 is 10.2 Å². The standard InChI is InChI=1S/C16H26ClN3O/c1-15(2,3)19-10-12-8-13(17)14(18-9-12)20-6-7-21-16(4,5)11-20/h8-9,19H,6-7,10-11H2,1-5H3. The van der Waals surface area contributed by atoms with Crippen molar-refractivity contribution in [1.82, 2.24) is 10.3 Å². The summed E-state index contributed by atoms with van der Waals surface area (Å²) in [5, 5.41) is 4.15. The van der Waals surface area contributed by atoms with E-state index in [9.17, 15) is 0 Å². The maximum absolute atomic E-state index is 6.43. The highest BCUT2D eigenvalue weighted by molar-refractivity contribution is 6.33. The second-order valence-electron chi connectivity index (χ2n) is 7.28. The van der Waals surface area contributed by atoms with Crippen molar-refractivity contribution in [1.29, 1.82) is 0 Å². The number of nitrogens with zero attached hydrogens (tertiary/aromatic N) is 2. The zero-order valence-corrected chi connectivity index (χ0v) is 14.4. The molecular formula is C16H26ClN3O. The summed E-state index contributed by atoms with van der Waals surface area (Å²) in [5.74, 6) is 0.854. The Hall–Kier alpha value is -0.840. The van der Waals surface area contributed by atoms with Crippen molar-refractivity contribution in [2.45, 2.75) is 52.3 Å². The lowest BCUT2D eigenvalue weighted by Gasteiger charge is -2.39. The van der Waals surface area contributed by atoms with Crippen molar-refractivity contribution in [2.24, 2.45) is 0 Å². The molecule has 0 saturated carbocycles. The Balaban J connectivity index is 2.09. The Kier molecular flexibility index (Phi) is 4.81. The smallest absolute Gasteiger partial charge is 0.147 e. The average Bonchev–Trinajstić information content (AvgIpc) is 2.34. The van der Waals surface area contributed by atoms with Crippen LogP contribution in [-0.4, -0.2) is 35.8 Å². The molecule has 0 spiro atoms. The van der Waals surface area contributed by atoms with Crippen molar-refractivity contribution in [3.8, 4) is 0 Å². The molecule has 0 atom stereocenters. The molecule has 1 aromatic rings. The number of pyridine rings is 1. The van der Waals surface area contributed by atoms with Gasteiger partial charge in [0, 0.05) is 31.4 Å². The number of hydrogen-bond acceptors (Lipinski definition) is 4. The van der Waals surface area contributed by atoms with E-state index in [1.165, 1.54) is 0 Å². The highest BCUT2D eigenvalue weighted by Gasteiger charge is 2.28. The molecule has 4 nitrogen and oxygen atoms in total. The first-order valence-electron chi connectivity index (χ1n) is 7.45. The Labute approximate surface area is 132 Å². The van der Waals surface area contributed by atoms with Crippen LogP contribution >= 0.6 is 11.6 Å². The number of ether oxygens (including phenoxy) is 1. The van der Waals surface area contributed by atoms with Gasteiger partial charge in [0.25, 0.3) is 0 Å². The van der Waals surface area contributed by atoms with Gasteiger partial charge in [-0.05, 0) is 46.2 Å². The minimum atomic E-state index is -0.157. The van der Waals surface area contributed by atoms with Gasteiger partial charge in [-0.15, -0.1) is 0 Å². The largest absolute Gasteiger partial charge is 0.372 e. The molecular weight excluding hydrogens is 286 g/mol. The summed E-state index contributed by atoms with van der Waals surface area (Å²) in [7, 11) is 0. The molecule has 5 heteroatoms. The van der Waals surface area contributed by atoms with Crippen LogP contribution in [0.4, 0.5) is 5.82 Å². The molecule has 1 saturated heterocycles. The van der Waals surface area contributed by atoms with Crippen LogP contribution in [0.15, 0.2) is 12.3 Å². The van der Waals surface area contributed by atoms with E-state index in [1.54, 1.807) is 0 Å². The third-order valence-corrected chi connectivity index (χ3v) is 3.70. The number of morpholine rings is 1. The molecule has 1 aliphatic rings. The fourth-order valence-corrected chi connectivity index (χ4v) is 2.67. The molecule has 21 heavy (non-hydrogen) atoms. The molecule has 0 aromatic carbocycles. The minimum absolute atomic E-state index is 0.0827. The van der Waals surface area contributed by atoms with Gasteiger partial charge >= 0.3 is 0 Å². The van der Waals surface area contributed by atoms with Crippen LogP contribution in [-0.2, 0) is 11.3 Å². The molecule has 0 radical (unpaired) electrons. The van der Waals surface area contributed by atoms with Crippen LogP contribution in [0.5, 0.6) is 0 Å². The molecule has 1 aliphatic heterocycles. The summed E-state index contributed by atoms with van der Waals surface area (Å²) in [6.45, 7) is 13.7. The quantitative estimate of drug-likeness (QED) is 0.930. The number of aromatic nitrogens is 1. The van der Waals surface area contributed by atoms with Crippen molar-refractivity contribution < 1.29 is 4.74 Å². The maximum atomic E-state index is 6.43. The van der Waals surface area contributed by atoms with Crippen LogP contribution in [0.3, 0.4) is 0 Å². The fourth-order valence-electron chi connectivity index (χ4n) is 2.36. The van der Waals surface area contributed by atoms with Crippen molar-refractivity contribution in [3.63, 3.8) is 0 Å². The van der Waals surface area contributed by atoms with Gasteiger partial charge in [-0.25, -0.2) is 4.98 Å². The van der Waals surface area contributed by atoms with E-state index in [0.717, 1.165) is 31.0 Å². The van der Waals surface area contributed by atoms with E-state index in [-0.39, 0.29) is 11.1 Å². The van der Waals surface area contributed by atoms with Gasteiger partial charge in [0.1, 0.15) is 5.82 Å². The summed E-state index contributed by atoms with van der Waals surface area (Å²) < 4.78 is 5.73. The van der Waals surface area contributed by atoms with E-state index in [0.29, 0.717) is 11.6 Å². The number of nitrogens with one attached hydrogen (secondary N) is 1. The Morgan fingerprint density at radius 1 is 1.43 bits per heavy atom. The van der Waals surface area contributed by atoms with Crippen molar-refractivity contribution in [2.75, 3.05) is 24.6 Å². The third kappa shape index (κ3) is 4.83. The van der Waals surface area contributed by atoms with E-state index in [2.05, 4.69) is 49.8 Å². The van der Waals surface area contributed by atoms with E-state index in [4.69, 9.17) is 16.3 Å². The predicted octanol–water partition coefficient (Wildman–Crippen LogP) is 3.24. The van der Waals surface area contributed by atoms with Gasteiger partial charge in [-0.2, -0.15) is 0 Å². The predicted molar refractivity (Wildman–Crippen MR) is 88.1 cm³/mol. The van der Waals surface area contributed by atoms with E-state index >= 15 is 0 Å². The summed E-state index contributed by atoms with van der Waals surface area (Å²) in [5.41, 5.74) is 1.03.